The van der Waals surface area contributed by atoms with E-state index in [0.717, 1.165) is 27.6 Å². The Morgan fingerprint density at radius 3 is 2.32 bits per heavy atom. The first-order valence-corrected chi connectivity index (χ1v) is 8.13. The van der Waals surface area contributed by atoms with E-state index in [1.165, 1.54) is 6.92 Å². The lowest BCUT2D eigenvalue weighted by Gasteiger charge is -2.12. The molecule has 25 heavy (non-hydrogen) atoms. The van der Waals surface area contributed by atoms with Gasteiger partial charge in [-0.2, -0.15) is 0 Å². The lowest BCUT2D eigenvalue weighted by molar-refractivity contribution is -0.114. The molecule has 3 aromatic rings. The fourth-order valence-electron chi connectivity index (χ4n) is 3.01. The number of carbonyl (C=O) groups excluding carboxylic acids is 2. The van der Waals surface area contributed by atoms with E-state index in [1.54, 1.807) is 6.07 Å². The van der Waals surface area contributed by atoms with Gasteiger partial charge in [-0.25, -0.2) is 0 Å². The maximum atomic E-state index is 12.6. The number of aryl methyl sites for hydroxylation is 2. The molecule has 0 aliphatic rings. The van der Waals surface area contributed by atoms with Crippen molar-refractivity contribution in [1.82, 2.24) is 4.98 Å². The standard InChI is InChI=1S/C20H21N3O2/c1-11-8-12(2)15-10-19(22-18(15)9-11)20(25)23-17-7-5-6-16(13(17)3)21-14(4)24/h5-10,22H,1-4H3,(H,21,24)(H,23,25). The number of amides is 2. The lowest BCUT2D eigenvalue weighted by atomic mass is 10.1. The predicted molar refractivity (Wildman–Crippen MR) is 101 cm³/mol. The van der Waals surface area contributed by atoms with Gasteiger partial charge in [0.2, 0.25) is 5.91 Å². The van der Waals surface area contributed by atoms with E-state index < -0.39 is 0 Å². The number of anilines is 2. The first kappa shape index (κ1) is 16.8. The van der Waals surface area contributed by atoms with Crippen LogP contribution in [0.2, 0.25) is 0 Å². The topological polar surface area (TPSA) is 74.0 Å². The average molecular weight is 335 g/mol. The van der Waals surface area contributed by atoms with Crippen molar-refractivity contribution in [1.29, 1.82) is 0 Å². The molecule has 0 bridgehead atoms. The van der Waals surface area contributed by atoms with E-state index in [1.807, 2.05) is 45.0 Å². The summed E-state index contributed by atoms with van der Waals surface area (Å²) in [5.41, 5.74) is 5.91. The van der Waals surface area contributed by atoms with Crippen LogP contribution in [0.1, 0.15) is 34.1 Å². The Hall–Kier alpha value is -3.08. The van der Waals surface area contributed by atoms with E-state index in [0.29, 0.717) is 17.1 Å². The largest absolute Gasteiger partial charge is 0.351 e. The number of rotatable bonds is 3. The molecule has 1 heterocycles. The van der Waals surface area contributed by atoms with Crippen molar-refractivity contribution in [2.75, 3.05) is 10.6 Å². The number of hydrogen-bond acceptors (Lipinski definition) is 2. The smallest absolute Gasteiger partial charge is 0.272 e. The minimum Gasteiger partial charge on any atom is -0.351 e. The molecule has 0 atom stereocenters. The van der Waals surface area contributed by atoms with E-state index >= 15 is 0 Å². The zero-order valence-electron chi connectivity index (χ0n) is 14.8. The summed E-state index contributed by atoms with van der Waals surface area (Å²) in [5.74, 6) is -0.357. The summed E-state index contributed by atoms with van der Waals surface area (Å²) < 4.78 is 0. The van der Waals surface area contributed by atoms with Gasteiger partial charge in [-0.1, -0.05) is 12.1 Å². The number of benzene rings is 2. The maximum absolute atomic E-state index is 12.6. The van der Waals surface area contributed by atoms with Gasteiger partial charge in [-0.05, 0) is 61.7 Å². The summed E-state index contributed by atoms with van der Waals surface area (Å²) in [6, 6.07) is 11.4. The fraction of sp³-hybridized carbons (Fsp3) is 0.200. The number of hydrogen-bond donors (Lipinski definition) is 3. The molecule has 0 unspecified atom stereocenters. The van der Waals surface area contributed by atoms with Crippen molar-refractivity contribution in [3.05, 3.63) is 58.8 Å². The second-order valence-corrected chi connectivity index (χ2v) is 6.34. The van der Waals surface area contributed by atoms with Crippen LogP contribution in [0, 0.1) is 20.8 Å². The van der Waals surface area contributed by atoms with Gasteiger partial charge in [0.05, 0.1) is 0 Å². The quantitative estimate of drug-likeness (QED) is 0.667. The molecule has 0 saturated carbocycles. The Bertz CT molecular complexity index is 986. The minimum atomic E-state index is -0.212. The minimum absolute atomic E-state index is 0.145. The first-order valence-electron chi connectivity index (χ1n) is 8.13. The Kier molecular flexibility index (Phi) is 4.31. The highest BCUT2D eigenvalue weighted by atomic mass is 16.2. The second kappa shape index (κ2) is 6.43. The predicted octanol–water partition coefficient (Wildman–Crippen LogP) is 4.30. The van der Waals surface area contributed by atoms with Gasteiger partial charge in [0.15, 0.2) is 0 Å². The van der Waals surface area contributed by atoms with Crippen molar-refractivity contribution < 1.29 is 9.59 Å². The van der Waals surface area contributed by atoms with Crippen LogP contribution >= 0.6 is 0 Å². The summed E-state index contributed by atoms with van der Waals surface area (Å²) in [5, 5.41) is 6.72. The molecule has 3 N–H and O–H groups in total. The number of fused-ring (bicyclic) bond motifs is 1. The third kappa shape index (κ3) is 3.40. The molecule has 3 rings (SSSR count). The van der Waals surface area contributed by atoms with E-state index in [4.69, 9.17) is 0 Å². The highest BCUT2D eigenvalue weighted by Gasteiger charge is 2.13. The van der Waals surface area contributed by atoms with Crippen molar-refractivity contribution in [2.45, 2.75) is 27.7 Å². The molecule has 128 valence electrons. The molecular weight excluding hydrogens is 314 g/mol. The monoisotopic (exact) mass is 335 g/mol. The zero-order valence-corrected chi connectivity index (χ0v) is 14.8. The Morgan fingerprint density at radius 1 is 0.960 bits per heavy atom. The van der Waals surface area contributed by atoms with Gasteiger partial charge in [-0.15, -0.1) is 0 Å². The number of H-pyrrole nitrogens is 1. The zero-order chi connectivity index (χ0) is 18.1. The number of aromatic nitrogens is 1. The fourth-order valence-corrected chi connectivity index (χ4v) is 3.01. The summed E-state index contributed by atoms with van der Waals surface area (Å²) in [7, 11) is 0. The van der Waals surface area contributed by atoms with Gasteiger partial charge < -0.3 is 15.6 Å². The van der Waals surface area contributed by atoms with E-state index in [-0.39, 0.29) is 11.8 Å². The lowest BCUT2D eigenvalue weighted by Crippen LogP contribution is -2.14. The van der Waals surface area contributed by atoms with Crippen LogP contribution in [0.4, 0.5) is 11.4 Å². The molecule has 0 fully saturated rings. The SMILES string of the molecule is CC(=O)Nc1cccc(NC(=O)c2cc3c(C)cc(C)cc3[nH]2)c1C. The van der Waals surface area contributed by atoms with Gasteiger partial charge >= 0.3 is 0 Å². The van der Waals surface area contributed by atoms with Gasteiger partial charge in [0.1, 0.15) is 5.69 Å². The number of nitrogens with one attached hydrogen (secondary N) is 3. The van der Waals surface area contributed by atoms with E-state index in [2.05, 4.69) is 21.7 Å². The number of carbonyl (C=O) groups is 2. The molecule has 0 aliphatic carbocycles. The molecule has 5 nitrogen and oxygen atoms in total. The van der Waals surface area contributed by atoms with Crippen LogP contribution in [0.3, 0.4) is 0 Å². The first-order chi connectivity index (χ1) is 11.8. The third-order valence-electron chi connectivity index (χ3n) is 4.23. The Labute approximate surface area is 146 Å². The number of aromatic amines is 1. The second-order valence-electron chi connectivity index (χ2n) is 6.34. The summed E-state index contributed by atoms with van der Waals surface area (Å²) >= 11 is 0. The van der Waals surface area contributed by atoms with Crippen LogP contribution < -0.4 is 10.6 Å². The highest BCUT2D eigenvalue weighted by Crippen LogP contribution is 2.25. The van der Waals surface area contributed by atoms with Gasteiger partial charge in [0.25, 0.3) is 5.91 Å². The molecule has 0 aliphatic heterocycles. The summed E-state index contributed by atoms with van der Waals surface area (Å²) in [6.45, 7) is 7.38. The van der Waals surface area contributed by atoms with Crippen LogP contribution in [-0.2, 0) is 4.79 Å². The van der Waals surface area contributed by atoms with Crippen molar-refractivity contribution >= 4 is 34.1 Å². The van der Waals surface area contributed by atoms with Crippen molar-refractivity contribution in [3.8, 4) is 0 Å². The van der Waals surface area contributed by atoms with Gasteiger partial charge in [-0.3, -0.25) is 9.59 Å². The van der Waals surface area contributed by atoms with Crippen molar-refractivity contribution in [2.24, 2.45) is 0 Å². The molecular formula is C20H21N3O2. The Balaban J connectivity index is 1.90. The Morgan fingerprint density at radius 2 is 1.64 bits per heavy atom. The molecule has 0 radical (unpaired) electrons. The molecule has 2 amide bonds. The summed E-state index contributed by atoms with van der Waals surface area (Å²) in [4.78, 5) is 27.1. The average Bonchev–Trinajstić information content (AvgIpc) is 2.95. The maximum Gasteiger partial charge on any atom is 0.272 e. The third-order valence-corrected chi connectivity index (χ3v) is 4.23. The molecule has 1 aromatic heterocycles. The van der Waals surface area contributed by atoms with E-state index in [9.17, 15) is 9.59 Å². The molecule has 0 spiro atoms. The van der Waals surface area contributed by atoms with Gasteiger partial charge in [0, 0.05) is 29.2 Å². The molecule has 2 aromatic carbocycles. The summed E-state index contributed by atoms with van der Waals surface area (Å²) in [6.07, 6.45) is 0. The van der Waals surface area contributed by atoms with Crippen LogP contribution in [0.15, 0.2) is 36.4 Å². The highest BCUT2D eigenvalue weighted by molar-refractivity contribution is 6.07. The van der Waals surface area contributed by atoms with Crippen molar-refractivity contribution in [3.63, 3.8) is 0 Å². The normalized spacial score (nSPS) is 10.7. The van der Waals surface area contributed by atoms with Crippen LogP contribution in [0.25, 0.3) is 10.9 Å². The molecule has 0 saturated heterocycles. The molecule has 5 heteroatoms. The van der Waals surface area contributed by atoms with Crippen LogP contribution in [0.5, 0.6) is 0 Å². The van der Waals surface area contributed by atoms with Crippen LogP contribution in [-0.4, -0.2) is 16.8 Å².